The first kappa shape index (κ1) is 13.0. The van der Waals surface area contributed by atoms with Crippen molar-refractivity contribution in [3.63, 3.8) is 0 Å². The van der Waals surface area contributed by atoms with E-state index in [1.165, 1.54) is 12.8 Å². The standard InChI is InChI=1S/C12H27N/c1-6-7-11(8-13)12(9(2)3)10(4)5/h9-12H,6-8,13H2,1-5H3. The molecule has 0 aliphatic rings. The molecule has 0 fully saturated rings. The first-order valence-corrected chi connectivity index (χ1v) is 5.74. The van der Waals surface area contributed by atoms with E-state index in [2.05, 4.69) is 34.6 Å². The van der Waals surface area contributed by atoms with Crippen molar-refractivity contribution in [2.24, 2.45) is 29.4 Å². The molecule has 0 aromatic carbocycles. The fourth-order valence-electron chi connectivity index (χ4n) is 2.70. The fourth-order valence-corrected chi connectivity index (χ4v) is 2.70. The van der Waals surface area contributed by atoms with Crippen LogP contribution in [0.1, 0.15) is 47.5 Å². The molecule has 0 heterocycles. The van der Waals surface area contributed by atoms with Crippen molar-refractivity contribution in [2.45, 2.75) is 47.5 Å². The van der Waals surface area contributed by atoms with Crippen LogP contribution in [0.4, 0.5) is 0 Å². The highest BCUT2D eigenvalue weighted by Crippen LogP contribution is 2.30. The van der Waals surface area contributed by atoms with Gasteiger partial charge < -0.3 is 5.73 Å². The molecule has 1 nitrogen and oxygen atoms in total. The van der Waals surface area contributed by atoms with Crippen LogP contribution in [0.15, 0.2) is 0 Å². The maximum absolute atomic E-state index is 5.84. The van der Waals surface area contributed by atoms with Crippen LogP contribution in [0, 0.1) is 23.7 Å². The van der Waals surface area contributed by atoms with E-state index in [0.29, 0.717) is 0 Å². The van der Waals surface area contributed by atoms with Crippen molar-refractivity contribution in [3.05, 3.63) is 0 Å². The molecule has 0 aromatic rings. The van der Waals surface area contributed by atoms with Gasteiger partial charge in [-0.05, 0) is 36.6 Å². The molecule has 2 N–H and O–H groups in total. The second-order valence-corrected chi connectivity index (χ2v) is 4.85. The largest absolute Gasteiger partial charge is 0.330 e. The maximum Gasteiger partial charge on any atom is -0.00460 e. The highest BCUT2D eigenvalue weighted by Gasteiger charge is 2.25. The summed E-state index contributed by atoms with van der Waals surface area (Å²) in [5.41, 5.74) is 5.84. The Morgan fingerprint density at radius 3 is 1.69 bits per heavy atom. The molecule has 0 radical (unpaired) electrons. The summed E-state index contributed by atoms with van der Waals surface area (Å²) in [6.07, 6.45) is 2.55. The molecule has 0 spiro atoms. The highest BCUT2D eigenvalue weighted by molar-refractivity contribution is 4.76. The first-order chi connectivity index (χ1) is 6.04. The summed E-state index contributed by atoms with van der Waals surface area (Å²) in [5.74, 6) is 3.05. The van der Waals surface area contributed by atoms with Crippen molar-refractivity contribution in [1.82, 2.24) is 0 Å². The zero-order valence-electron chi connectivity index (χ0n) is 10.0. The van der Waals surface area contributed by atoms with E-state index in [4.69, 9.17) is 5.73 Å². The minimum atomic E-state index is 0.727. The Morgan fingerprint density at radius 2 is 1.46 bits per heavy atom. The van der Waals surface area contributed by atoms with Crippen molar-refractivity contribution >= 4 is 0 Å². The summed E-state index contributed by atoms with van der Waals surface area (Å²) >= 11 is 0. The second-order valence-electron chi connectivity index (χ2n) is 4.85. The zero-order valence-corrected chi connectivity index (χ0v) is 10.0. The van der Waals surface area contributed by atoms with Crippen molar-refractivity contribution in [2.75, 3.05) is 6.54 Å². The monoisotopic (exact) mass is 185 g/mol. The smallest absolute Gasteiger partial charge is 0.00460 e. The van der Waals surface area contributed by atoms with Crippen LogP contribution in [-0.4, -0.2) is 6.54 Å². The lowest BCUT2D eigenvalue weighted by atomic mass is 9.74. The molecule has 0 rings (SSSR count). The van der Waals surface area contributed by atoms with Gasteiger partial charge in [-0.2, -0.15) is 0 Å². The predicted octanol–water partition coefficient (Wildman–Crippen LogP) is 3.29. The van der Waals surface area contributed by atoms with Gasteiger partial charge in [-0.3, -0.25) is 0 Å². The lowest BCUT2D eigenvalue weighted by molar-refractivity contribution is 0.180. The molecule has 80 valence electrons. The van der Waals surface area contributed by atoms with Crippen molar-refractivity contribution in [3.8, 4) is 0 Å². The minimum absolute atomic E-state index is 0.727. The molecule has 0 aliphatic heterocycles. The lowest BCUT2D eigenvalue weighted by Crippen LogP contribution is -2.30. The summed E-state index contributed by atoms with van der Waals surface area (Å²) in [6.45, 7) is 12.4. The van der Waals surface area contributed by atoms with E-state index < -0.39 is 0 Å². The van der Waals surface area contributed by atoms with Gasteiger partial charge in [-0.1, -0.05) is 41.0 Å². The lowest BCUT2D eigenvalue weighted by Gasteiger charge is -2.32. The van der Waals surface area contributed by atoms with E-state index in [-0.39, 0.29) is 0 Å². The molecule has 0 aromatic heterocycles. The van der Waals surface area contributed by atoms with Gasteiger partial charge in [0.1, 0.15) is 0 Å². The molecule has 0 saturated carbocycles. The third kappa shape index (κ3) is 4.12. The SMILES string of the molecule is CCCC(CN)C(C(C)C)C(C)C. The Kier molecular flexibility index (Phi) is 6.40. The number of nitrogens with two attached hydrogens (primary N) is 1. The van der Waals surface area contributed by atoms with Crippen LogP contribution < -0.4 is 5.73 Å². The van der Waals surface area contributed by atoms with Gasteiger partial charge in [0, 0.05) is 0 Å². The van der Waals surface area contributed by atoms with Gasteiger partial charge in [0.25, 0.3) is 0 Å². The Morgan fingerprint density at radius 1 is 1.00 bits per heavy atom. The summed E-state index contributed by atoms with van der Waals surface area (Å²) in [7, 11) is 0. The highest BCUT2D eigenvalue weighted by atomic mass is 14.6. The Labute approximate surface area is 84.1 Å². The third-order valence-electron chi connectivity index (χ3n) is 3.05. The van der Waals surface area contributed by atoms with Gasteiger partial charge in [0.2, 0.25) is 0 Å². The molecule has 0 saturated heterocycles. The fraction of sp³-hybridized carbons (Fsp3) is 1.00. The van der Waals surface area contributed by atoms with Crippen LogP contribution in [0.25, 0.3) is 0 Å². The number of hydrogen-bond donors (Lipinski definition) is 1. The quantitative estimate of drug-likeness (QED) is 0.675. The second kappa shape index (κ2) is 6.42. The molecule has 0 amide bonds. The summed E-state index contributed by atoms with van der Waals surface area (Å²) < 4.78 is 0. The average Bonchev–Trinajstić information content (AvgIpc) is 2.02. The minimum Gasteiger partial charge on any atom is -0.330 e. The number of rotatable bonds is 6. The van der Waals surface area contributed by atoms with Gasteiger partial charge in [-0.15, -0.1) is 0 Å². The summed E-state index contributed by atoms with van der Waals surface area (Å²) in [6, 6.07) is 0. The number of hydrogen-bond acceptors (Lipinski definition) is 1. The summed E-state index contributed by atoms with van der Waals surface area (Å²) in [4.78, 5) is 0. The predicted molar refractivity (Wildman–Crippen MR) is 60.6 cm³/mol. The van der Waals surface area contributed by atoms with Crippen LogP contribution in [-0.2, 0) is 0 Å². The van der Waals surface area contributed by atoms with E-state index in [1.54, 1.807) is 0 Å². The normalized spacial score (nSPS) is 14.5. The maximum atomic E-state index is 5.84. The Balaban J connectivity index is 4.30. The van der Waals surface area contributed by atoms with E-state index in [0.717, 1.165) is 30.2 Å². The van der Waals surface area contributed by atoms with Crippen LogP contribution in [0.2, 0.25) is 0 Å². The third-order valence-corrected chi connectivity index (χ3v) is 3.05. The van der Waals surface area contributed by atoms with Crippen LogP contribution >= 0.6 is 0 Å². The molecule has 1 atom stereocenters. The molecule has 1 heteroatoms. The Bertz CT molecular complexity index is 110. The van der Waals surface area contributed by atoms with E-state index in [9.17, 15) is 0 Å². The topological polar surface area (TPSA) is 26.0 Å². The van der Waals surface area contributed by atoms with Gasteiger partial charge in [0.05, 0.1) is 0 Å². The zero-order chi connectivity index (χ0) is 10.4. The van der Waals surface area contributed by atoms with Crippen LogP contribution in [0.3, 0.4) is 0 Å². The molecule has 0 aliphatic carbocycles. The first-order valence-electron chi connectivity index (χ1n) is 5.74. The van der Waals surface area contributed by atoms with Crippen molar-refractivity contribution in [1.29, 1.82) is 0 Å². The molecule has 1 unspecified atom stereocenters. The average molecular weight is 185 g/mol. The van der Waals surface area contributed by atoms with Crippen LogP contribution in [0.5, 0.6) is 0 Å². The molecular weight excluding hydrogens is 158 g/mol. The molecule has 0 bridgehead atoms. The van der Waals surface area contributed by atoms with E-state index >= 15 is 0 Å². The van der Waals surface area contributed by atoms with Crippen molar-refractivity contribution < 1.29 is 0 Å². The Hall–Kier alpha value is -0.0400. The molecule has 13 heavy (non-hydrogen) atoms. The molecular formula is C12H27N. The van der Waals surface area contributed by atoms with E-state index in [1.807, 2.05) is 0 Å². The van der Waals surface area contributed by atoms with Gasteiger partial charge in [-0.25, -0.2) is 0 Å². The van der Waals surface area contributed by atoms with Gasteiger partial charge >= 0.3 is 0 Å². The van der Waals surface area contributed by atoms with Gasteiger partial charge in [0.15, 0.2) is 0 Å². The summed E-state index contributed by atoms with van der Waals surface area (Å²) in [5, 5.41) is 0.